The zero-order valence-corrected chi connectivity index (χ0v) is 12.3. The average Bonchev–Trinajstić information content (AvgIpc) is 2.46. The quantitative estimate of drug-likeness (QED) is 0.794. The molecule has 2 aromatic rings. The maximum atomic E-state index is 11.0. The summed E-state index contributed by atoms with van der Waals surface area (Å²) < 4.78 is 0. The number of hydrogen-bond donors (Lipinski definition) is 3. The van der Waals surface area contributed by atoms with Crippen LogP contribution in [0, 0.1) is 0 Å². The molecule has 0 aliphatic rings. The molecule has 0 saturated heterocycles. The third-order valence-electron chi connectivity index (χ3n) is 3.04. The minimum atomic E-state index is -1.22. The molecule has 2 aromatic carbocycles. The van der Waals surface area contributed by atoms with Gasteiger partial charge in [0.2, 0.25) is 0 Å². The van der Waals surface area contributed by atoms with Crippen molar-refractivity contribution >= 4 is 29.3 Å². The van der Waals surface area contributed by atoms with Gasteiger partial charge in [0, 0.05) is 10.0 Å². The fraction of sp³-hybridized carbons (Fsp3) is 0.133. The number of halogens is 2. The van der Waals surface area contributed by atoms with Gasteiger partial charge in [0.05, 0.1) is 6.04 Å². The Morgan fingerprint density at radius 3 is 1.76 bits per heavy atom. The van der Waals surface area contributed by atoms with Crippen LogP contribution in [0.3, 0.4) is 0 Å². The van der Waals surface area contributed by atoms with Crippen molar-refractivity contribution in [3.05, 3.63) is 69.7 Å². The van der Waals surface area contributed by atoms with E-state index in [0.717, 1.165) is 0 Å². The molecule has 0 aromatic heterocycles. The second-order valence-electron chi connectivity index (χ2n) is 4.48. The van der Waals surface area contributed by atoms with Gasteiger partial charge < -0.3 is 15.5 Å². The lowest BCUT2D eigenvalue weighted by Crippen LogP contribution is -2.31. The second-order valence-corrected chi connectivity index (χ2v) is 5.35. The summed E-state index contributed by atoms with van der Waals surface area (Å²) >= 11 is 11.6. The van der Waals surface area contributed by atoms with Crippen LogP contribution in [0.2, 0.25) is 10.0 Å². The van der Waals surface area contributed by atoms with E-state index in [9.17, 15) is 9.90 Å². The number of hydrogen-bond acceptors (Lipinski definition) is 2. The average molecular weight is 326 g/mol. The smallest absolute Gasteiger partial charge is 0.405 e. The number of benzene rings is 2. The van der Waals surface area contributed by atoms with Crippen molar-refractivity contribution in [2.75, 3.05) is 0 Å². The monoisotopic (exact) mass is 325 g/mol. The van der Waals surface area contributed by atoms with Crippen molar-refractivity contribution in [2.24, 2.45) is 0 Å². The molecule has 2 atom stereocenters. The highest BCUT2D eigenvalue weighted by Gasteiger charge is 2.24. The Morgan fingerprint density at radius 1 is 0.905 bits per heavy atom. The van der Waals surface area contributed by atoms with E-state index in [1.165, 1.54) is 0 Å². The fourth-order valence-electron chi connectivity index (χ4n) is 2.00. The van der Waals surface area contributed by atoms with Gasteiger partial charge in [-0.05, 0) is 35.4 Å². The molecule has 0 fully saturated rings. The Morgan fingerprint density at radius 2 is 1.33 bits per heavy atom. The van der Waals surface area contributed by atoms with Crippen LogP contribution in [-0.4, -0.2) is 16.3 Å². The lowest BCUT2D eigenvalue weighted by Gasteiger charge is -2.23. The highest BCUT2D eigenvalue weighted by Crippen LogP contribution is 2.30. The third-order valence-corrected chi connectivity index (χ3v) is 3.54. The van der Waals surface area contributed by atoms with Gasteiger partial charge >= 0.3 is 6.09 Å². The SMILES string of the molecule is O=C(O)N[C@@H](c1ccc(Cl)cc1)[C@H](O)c1ccc(Cl)cc1. The van der Waals surface area contributed by atoms with Crippen LogP contribution in [0.1, 0.15) is 23.3 Å². The first kappa shape index (κ1) is 15.6. The normalized spacial score (nSPS) is 13.5. The molecule has 0 heterocycles. The first-order chi connectivity index (χ1) is 9.97. The number of rotatable bonds is 4. The summed E-state index contributed by atoms with van der Waals surface area (Å²) in [6.45, 7) is 0. The molecule has 0 bridgehead atoms. The lowest BCUT2D eigenvalue weighted by atomic mass is 9.96. The Kier molecular flexibility index (Phi) is 5.07. The van der Waals surface area contributed by atoms with E-state index in [4.69, 9.17) is 28.3 Å². The molecule has 21 heavy (non-hydrogen) atoms. The molecule has 3 N–H and O–H groups in total. The summed E-state index contributed by atoms with van der Waals surface area (Å²) in [6.07, 6.45) is -2.26. The lowest BCUT2D eigenvalue weighted by molar-refractivity contribution is 0.120. The molecular weight excluding hydrogens is 313 g/mol. The molecule has 0 radical (unpaired) electrons. The fourth-order valence-corrected chi connectivity index (χ4v) is 2.25. The molecular formula is C15H13Cl2NO3. The molecule has 1 amide bonds. The molecule has 0 aliphatic carbocycles. The van der Waals surface area contributed by atoms with Crippen LogP contribution in [0.25, 0.3) is 0 Å². The van der Waals surface area contributed by atoms with Crippen molar-refractivity contribution in [3.63, 3.8) is 0 Å². The van der Waals surface area contributed by atoms with Gasteiger partial charge in [0.1, 0.15) is 6.10 Å². The van der Waals surface area contributed by atoms with E-state index >= 15 is 0 Å². The van der Waals surface area contributed by atoms with Crippen molar-refractivity contribution in [2.45, 2.75) is 12.1 Å². The molecule has 110 valence electrons. The number of carboxylic acid groups (broad SMARTS) is 1. The van der Waals surface area contributed by atoms with Gasteiger partial charge in [0.25, 0.3) is 0 Å². The van der Waals surface area contributed by atoms with Gasteiger partial charge in [-0.3, -0.25) is 0 Å². The Labute approximate surface area is 131 Å². The molecule has 0 unspecified atom stereocenters. The Hall–Kier alpha value is -1.75. The summed E-state index contributed by atoms with van der Waals surface area (Å²) in [6, 6.07) is 12.4. The number of carbonyl (C=O) groups is 1. The zero-order valence-electron chi connectivity index (χ0n) is 10.8. The van der Waals surface area contributed by atoms with E-state index in [2.05, 4.69) is 5.32 Å². The van der Waals surface area contributed by atoms with Crippen molar-refractivity contribution < 1.29 is 15.0 Å². The van der Waals surface area contributed by atoms with E-state index in [1.807, 2.05) is 0 Å². The van der Waals surface area contributed by atoms with E-state index < -0.39 is 18.2 Å². The molecule has 0 aliphatic heterocycles. The summed E-state index contributed by atoms with van der Waals surface area (Å²) in [5.74, 6) is 0. The number of aliphatic hydroxyl groups excluding tert-OH is 1. The summed E-state index contributed by atoms with van der Waals surface area (Å²) in [5.41, 5.74) is 1.18. The minimum Gasteiger partial charge on any atom is -0.465 e. The van der Waals surface area contributed by atoms with Crippen LogP contribution < -0.4 is 5.32 Å². The van der Waals surface area contributed by atoms with Crippen molar-refractivity contribution in [1.82, 2.24) is 5.32 Å². The Balaban J connectivity index is 2.32. The zero-order chi connectivity index (χ0) is 15.4. The maximum absolute atomic E-state index is 11.0. The van der Waals surface area contributed by atoms with Gasteiger partial charge in [-0.15, -0.1) is 0 Å². The largest absolute Gasteiger partial charge is 0.465 e. The highest BCUT2D eigenvalue weighted by atomic mass is 35.5. The van der Waals surface area contributed by atoms with Gasteiger partial charge in [-0.2, -0.15) is 0 Å². The third kappa shape index (κ3) is 4.11. The van der Waals surface area contributed by atoms with Crippen LogP contribution in [-0.2, 0) is 0 Å². The summed E-state index contributed by atoms with van der Waals surface area (Å²) in [7, 11) is 0. The molecule has 0 spiro atoms. The standard InChI is InChI=1S/C15H13Cl2NO3/c16-11-5-1-9(2-6-11)13(18-15(20)21)14(19)10-3-7-12(17)8-4-10/h1-8,13-14,18-19H,(H,20,21)/t13-,14+/m0/s1. The maximum Gasteiger partial charge on any atom is 0.405 e. The molecule has 2 rings (SSSR count). The first-order valence-electron chi connectivity index (χ1n) is 6.16. The van der Waals surface area contributed by atoms with E-state index in [0.29, 0.717) is 21.2 Å². The molecule has 4 nitrogen and oxygen atoms in total. The first-order valence-corrected chi connectivity index (χ1v) is 6.91. The number of nitrogens with one attached hydrogen (secondary N) is 1. The van der Waals surface area contributed by atoms with E-state index in [-0.39, 0.29) is 0 Å². The summed E-state index contributed by atoms with van der Waals surface area (Å²) in [5, 5.41) is 22.8. The van der Waals surface area contributed by atoms with Gasteiger partial charge in [0.15, 0.2) is 0 Å². The number of amides is 1. The van der Waals surface area contributed by atoms with Gasteiger partial charge in [-0.25, -0.2) is 4.79 Å². The van der Waals surface area contributed by atoms with Crippen molar-refractivity contribution in [1.29, 1.82) is 0 Å². The molecule has 6 heteroatoms. The van der Waals surface area contributed by atoms with Crippen LogP contribution in [0.15, 0.2) is 48.5 Å². The van der Waals surface area contributed by atoms with Crippen molar-refractivity contribution in [3.8, 4) is 0 Å². The van der Waals surface area contributed by atoms with Crippen LogP contribution in [0.4, 0.5) is 4.79 Å². The molecule has 0 saturated carbocycles. The topological polar surface area (TPSA) is 69.6 Å². The predicted octanol–water partition coefficient (Wildman–Crippen LogP) is 4.04. The van der Waals surface area contributed by atoms with Crippen LogP contribution >= 0.6 is 23.2 Å². The minimum absolute atomic E-state index is 0.536. The summed E-state index contributed by atoms with van der Waals surface area (Å²) in [4.78, 5) is 11.0. The predicted molar refractivity (Wildman–Crippen MR) is 81.8 cm³/mol. The highest BCUT2D eigenvalue weighted by molar-refractivity contribution is 6.30. The van der Waals surface area contributed by atoms with E-state index in [1.54, 1.807) is 48.5 Å². The van der Waals surface area contributed by atoms with Crippen LogP contribution in [0.5, 0.6) is 0 Å². The number of aliphatic hydroxyl groups is 1. The Bertz CT molecular complexity index is 614. The second kappa shape index (κ2) is 6.80. The van der Waals surface area contributed by atoms with Gasteiger partial charge in [-0.1, -0.05) is 47.5 Å².